The molecular formula is C13H13ClN4. The van der Waals surface area contributed by atoms with E-state index in [4.69, 9.17) is 16.9 Å². The van der Waals surface area contributed by atoms with Crippen LogP contribution in [0.25, 0.3) is 0 Å². The number of halogens is 1. The maximum absolute atomic E-state index is 8.85. The molecule has 0 bridgehead atoms. The summed E-state index contributed by atoms with van der Waals surface area (Å²) in [4.78, 5) is 2.00. The molecule has 2 rings (SSSR count). The number of benzene rings is 1. The van der Waals surface area contributed by atoms with E-state index < -0.39 is 0 Å². The first-order chi connectivity index (χ1) is 8.78. The molecule has 0 N–H and O–H groups in total. The summed E-state index contributed by atoms with van der Waals surface area (Å²) in [6.45, 7) is 1.62. The number of hydrogen-bond acceptors (Lipinski definition) is 3. The van der Waals surface area contributed by atoms with Crippen LogP contribution in [0.5, 0.6) is 0 Å². The Hall–Kier alpha value is -1.83. The molecule has 0 spiro atoms. The molecule has 0 radical (unpaired) electrons. The van der Waals surface area contributed by atoms with Crippen molar-refractivity contribution in [2.45, 2.75) is 13.2 Å². The average Bonchev–Trinajstić information content (AvgIpc) is 2.76. The third-order valence-corrected chi connectivity index (χ3v) is 2.69. The summed E-state index contributed by atoms with van der Waals surface area (Å²) in [5, 5.41) is 13.6. The predicted molar refractivity (Wildman–Crippen MR) is 69.7 cm³/mol. The zero-order valence-electron chi connectivity index (χ0n) is 9.83. The van der Waals surface area contributed by atoms with Gasteiger partial charge in [0, 0.05) is 12.7 Å². The van der Waals surface area contributed by atoms with Crippen molar-refractivity contribution >= 4 is 11.6 Å². The minimum atomic E-state index is 0.354. The van der Waals surface area contributed by atoms with Gasteiger partial charge in [0.25, 0.3) is 0 Å². The first-order valence-corrected chi connectivity index (χ1v) is 5.97. The molecule has 0 aliphatic heterocycles. The molecule has 0 unspecified atom stereocenters. The molecule has 1 aromatic carbocycles. The Labute approximate surface area is 111 Å². The third-order valence-electron chi connectivity index (χ3n) is 2.49. The monoisotopic (exact) mass is 260 g/mol. The average molecular weight is 261 g/mol. The van der Waals surface area contributed by atoms with Gasteiger partial charge in [-0.2, -0.15) is 10.4 Å². The van der Waals surface area contributed by atoms with Gasteiger partial charge in [0.05, 0.1) is 30.5 Å². The van der Waals surface area contributed by atoms with Crippen molar-refractivity contribution in [3.8, 4) is 6.07 Å². The van der Waals surface area contributed by atoms with E-state index in [1.807, 2.05) is 35.2 Å². The summed E-state index contributed by atoms with van der Waals surface area (Å²) < 4.78 is 1.72. The summed E-state index contributed by atoms with van der Waals surface area (Å²) in [5.41, 5.74) is 1.17. The van der Waals surface area contributed by atoms with Crippen molar-refractivity contribution in [3.05, 3.63) is 53.3 Å². The molecule has 2 aromatic rings. The fourth-order valence-electron chi connectivity index (χ4n) is 1.72. The van der Waals surface area contributed by atoms with Crippen LogP contribution >= 0.6 is 11.6 Å². The topological polar surface area (TPSA) is 44.9 Å². The molecule has 0 aliphatic carbocycles. The van der Waals surface area contributed by atoms with E-state index >= 15 is 0 Å². The van der Waals surface area contributed by atoms with Crippen LogP contribution in [0, 0.1) is 11.3 Å². The molecule has 5 heteroatoms. The molecule has 0 aliphatic rings. The molecule has 0 atom stereocenters. The lowest BCUT2D eigenvalue weighted by Gasteiger charge is -2.18. The second kappa shape index (κ2) is 6.20. The highest BCUT2D eigenvalue weighted by molar-refractivity contribution is 6.30. The molecule has 4 nitrogen and oxygen atoms in total. The quantitative estimate of drug-likeness (QED) is 0.776. The fourth-order valence-corrected chi connectivity index (χ4v) is 1.87. The summed E-state index contributed by atoms with van der Waals surface area (Å²) in [6.07, 6.45) is 3.34. The molecule has 1 heterocycles. The van der Waals surface area contributed by atoms with Gasteiger partial charge in [-0.15, -0.1) is 0 Å². The van der Waals surface area contributed by atoms with E-state index in [2.05, 4.69) is 11.2 Å². The maximum Gasteiger partial charge on any atom is 0.0940 e. The lowest BCUT2D eigenvalue weighted by Crippen LogP contribution is -2.26. The molecule has 0 saturated carbocycles. The van der Waals surface area contributed by atoms with Crippen molar-refractivity contribution in [2.75, 3.05) is 6.54 Å². The summed E-state index contributed by atoms with van der Waals surface area (Å²) in [6, 6.07) is 12.2. The highest BCUT2D eigenvalue weighted by Crippen LogP contribution is 2.08. The van der Waals surface area contributed by atoms with Crippen molar-refractivity contribution < 1.29 is 0 Å². The minimum absolute atomic E-state index is 0.354. The number of rotatable bonds is 5. The van der Waals surface area contributed by atoms with Gasteiger partial charge < -0.3 is 0 Å². The number of hydrogen-bond donors (Lipinski definition) is 0. The van der Waals surface area contributed by atoms with Crippen LogP contribution in [0.3, 0.4) is 0 Å². The number of nitrogens with zero attached hydrogens (tertiary/aromatic N) is 4. The van der Waals surface area contributed by atoms with Gasteiger partial charge in [-0.05, 0) is 5.56 Å². The Bertz CT molecular complexity index is 529. The fraction of sp³-hybridized carbons (Fsp3) is 0.231. The first kappa shape index (κ1) is 12.6. The van der Waals surface area contributed by atoms with Gasteiger partial charge in [-0.1, -0.05) is 41.9 Å². The zero-order chi connectivity index (χ0) is 12.8. The number of nitriles is 1. The lowest BCUT2D eigenvalue weighted by molar-refractivity contribution is 0.223. The van der Waals surface area contributed by atoms with E-state index in [9.17, 15) is 0 Å². The first-order valence-electron chi connectivity index (χ1n) is 5.59. The molecule has 1 aromatic heterocycles. The van der Waals surface area contributed by atoms with Crippen LogP contribution in [0.1, 0.15) is 5.56 Å². The van der Waals surface area contributed by atoms with Gasteiger partial charge in [0.1, 0.15) is 0 Å². The highest BCUT2D eigenvalue weighted by Gasteiger charge is 2.07. The Morgan fingerprint density at radius 1 is 1.33 bits per heavy atom. The standard InChI is InChI=1S/C13H13ClN4/c14-13-8-16-18(10-13)11-17(7-6-15)9-12-4-2-1-3-5-12/h1-5,8,10H,7,9,11H2. The Morgan fingerprint density at radius 3 is 2.72 bits per heavy atom. The Balaban J connectivity index is 2.02. The van der Waals surface area contributed by atoms with Crippen LogP contribution in [0.4, 0.5) is 0 Å². The van der Waals surface area contributed by atoms with Gasteiger partial charge in [-0.3, -0.25) is 9.58 Å². The van der Waals surface area contributed by atoms with E-state index in [0.29, 0.717) is 24.8 Å². The summed E-state index contributed by atoms with van der Waals surface area (Å²) in [5.74, 6) is 0. The van der Waals surface area contributed by atoms with Crippen molar-refractivity contribution in [3.63, 3.8) is 0 Å². The number of aromatic nitrogens is 2. The van der Waals surface area contributed by atoms with Gasteiger partial charge in [-0.25, -0.2) is 0 Å². The molecule has 0 amide bonds. The van der Waals surface area contributed by atoms with Crippen molar-refractivity contribution in [1.82, 2.24) is 14.7 Å². The van der Waals surface area contributed by atoms with Gasteiger partial charge in [0.2, 0.25) is 0 Å². The molecular weight excluding hydrogens is 248 g/mol. The van der Waals surface area contributed by atoms with E-state index in [-0.39, 0.29) is 0 Å². The molecule has 92 valence electrons. The van der Waals surface area contributed by atoms with Gasteiger partial charge in [0.15, 0.2) is 0 Å². The van der Waals surface area contributed by atoms with Crippen LogP contribution < -0.4 is 0 Å². The van der Waals surface area contributed by atoms with Crippen LogP contribution in [0.2, 0.25) is 5.02 Å². The predicted octanol–water partition coefficient (Wildman–Crippen LogP) is 2.52. The maximum atomic E-state index is 8.85. The molecule has 18 heavy (non-hydrogen) atoms. The summed E-state index contributed by atoms with van der Waals surface area (Å²) in [7, 11) is 0. The SMILES string of the molecule is N#CCN(Cc1ccccc1)Cn1cc(Cl)cn1. The molecule has 0 saturated heterocycles. The second-order valence-corrected chi connectivity index (χ2v) is 4.41. The highest BCUT2D eigenvalue weighted by atomic mass is 35.5. The van der Waals surface area contributed by atoms with Crippen LogP contribution in [-0.2, 0) is 13.2 Å². The smallest absolute Gasteiger partial charge is 0.0940 e. The third kappa shape index (κ3) is 3.59. The summed E-state index contributed by atoms with van der Waals surface area (Å²) >= 11 is 5.81. The lowest BCUT2D eigenvalue weighted by atomic mass is 10.2. The van der Waals surface area contributed by atoms with E-state index in [1.165, 1.54) is 5.56 Å². The Kier molecular flexibility index (Phi) is 4.35. The molecule has 0 fully saturated rings. The van der Waals surface area contributed by atoms with Crippen molar-refractivity contribution in [2.24, 2.45) is 0 Å². The van der Waals surface area contributed by atoms with Crippen LogP contribution in [0.15, 0.2) is 42.7 Å². The Morgan fingerprint density at radius 2 is 2.11 bits per heavy atom. The normalized spacial score (nSPS) is 10.5. The van der Waals surface area contributed by atoms with E-state index in [0.717, 1.165) is 0 Å². The van der Waals surface area contributed by atoms with Crippen molar-refractivity contribution in [1.29, 1.82) is 5.26 Å². The van der Waals surface area contributed by atoms with Gasteiger partial charge >= 0.3 is 0 Å². The van der Waals surface area contributed by atoms with E-state index in [1.54, 1.807) is 17.1 Å². The minimum Gasteiger partial charge on any atom is -0.267 e. The largest absolute Gasteiger partial charge is 0.267 e. The second-order valence-electron chi connectivity index (χ2n) is 3.97. The van der Waals surface area contributed by atoms with Crippen LogP contribution in [-0.4, -0.2) is 21.2 Å². The zero-order valence-corrected chi connectivity index (χ0v) is 10.6.